The molecule has 0 aliphatic carbocycles. The SMILES string of the molecule is CCC(=O)O[C@@H]1C[C@@H](O)[C@H](O)[C@@H](CO)O1. The van der Waals surface area contributed by atoms with Crippen LogP contribution < -0.4 is 0 Å². The van der Waals surface area contributed by atoms with Gasteiger partial charge in [0.25, 0.3) is 0 Å². The Kier molecular flexibility index (Phi) is 4.46. The van der Waals surface area contributed by atoms with Crippen LogP contribution in [-0.4, -0.2) is 52.5 Å². The van der Waals surface area contributed by atoms with Gasteiger partial charge in [-0.15, -0.1) is 0 Å². The van der Waals surface area contributed by atoms with Crippen LogP contribution in [0.25, 0.3) is 0 Å². The van der Waals surface area contributed by atoms with Crippen molar-refractivity contribution in [3.63, 3.8) is 0 Å². The molecule has 0 amide bonds. The summed E-state index contributed by atoms with van der Waals surface area (Å²) in [5.74, 6) is -0.444. The molecule has 6 heteroatoms. The molecular formula is C9H16O6. The van der Waals surface area contributed by atoms with Crippen molar-refractivity contribution < 1.29 is 29.6 Å². The van der Waals surface area contributed by atoms with E-state index in [1.165, 1.54) is 0 Å². The summed E-state index contributed by atoms with van der Waals surface area (Å²) in [6.07, 6.45) is -3.78. The maximum Gasteiger partial charge on any atom is 0.307 e. The van der Waals surface area contributed by atoms with Crippen molar-refractivity contribution in [3.05, 3.63) is 0 Å². The predicted molar refractivity (Wildman–Crippen MR) is 48.8 cm³/mol. The van der Waals surface area contributed by atoms with Crippen molar-refractivity contribution in [2.24, 2.45) is 0 Å². The van der Waals surface area contributed by atoms with Gasteiger partial charge in [-0.05, 0) is 0 Å². The Labute approximate surface area is 87.4 Å². The maximum absolute atomic E-state index is 11.0. The van der Waals surface area contributed by atoms with Crippen molar-refractivity contribution in [3.8, 4) is 0 Å². The number of aliphatic hydroxyl groups excluding tert-OH is 3. The van der Waals surface area contributed by atoms with E-state index in [0.29, 0.717) is 0 Å². The van der Waals surface area contributed by atoms with E-state index in [0.717, 1.165) is 0 Å². The third-order valence-corrected chi connectivity index (χ3v) is 2.27. The van der Waals surface area contributed by atoms with Crippen LogP contribution in [0.3, 0.4) is 0 Å². The molecule has 0 unspecified atom stereocenters. The molecule has 15 heavy (non-hydrogen) atoms. The summed E-state index contributed by atoms with van der Waals surface area (Å²) in [5, 5.41) is 27.6. The van der Waals surface area contributed by atoms with E-state index in [1.54, 1.807) is 6.92 Å². The van der Waals surface area contributed by atoms with Crippen LogP contribution in [0.15, 0.2) is 0 Å². The molecule has 1 heterocycles. The lowest BCUT2D eigenvalue weighted by Crippen LogP contribution is -2.50. The Morgan fingerprint density at radius 1 is 1.53 bits per heavy atom. The van der Waals surface area contributed by atoms with E-state index in [4.69, 9.17) is 14.6 Å². The number of aliphatic hydroxyl groups is 3. The first kappa shape index (κ1) is 12.4. The third kappa shape index (κ3) is 3.13. The molecule has 0 bridgehead atoms. The lowest BCUT2D eigenvalue weighted by Gasteiger charge is -2.35. The predicted octanol–water partition coefficient (Wildman–Crippen LogP) is -1.23. The lowest BCUT2D eigenvalue weighted by atomic mass is 10.0. The summed E-state index contributed by atoms with van der Waals surface area (Å²) in [7, 11) is 0. The van der Waals surface area contributed by atoms with Gasteiger partial charge in [-0.1, -0.05) is 6.92 Å². The van der Waals surface area contributed by atoms with Crippen molar-refractivity contribution in [1.82, 2.24) is 0 Å². The minimum atomic E-state index is -1.15. The zero-order valence-corrected chi connectivity index (χ0v) is 8.50. The Bertz CT molecular complexity index is 219. The molecule has 0 saturated carbocycles. The summed E-state index contributed by atoms with van der Waals surface area (Å²) in [4.78, 5) is 11.0. The molecule has 0 aromatic carbocycles. The highest BCUT2D eigenvalue weighted by Gasteiger charge is 2.37. The number of hydrogen-bond donors (Lipinski definition) is 3. The summed E-state index contributed by atoms with van der Waals surface area (Å²) in [6, 6.07) is 0. The van der Waals surface area contributed by atoms with Crippen LogP contribution in [0.2, 0.25) is 0 Å². The largest absolute Gasteiger partial charge is 0.436 e. The molecule has 1 fully saturated rings. The maximum atomic E-state index is 11.0. The fraction of sp³-hybridized carbons (Fsp3) is 0.889. The molecular weight excluding hydrogens is 204 g/mol. The number of ether oxygens (including phenoxy) is 2. The van der Waals surface area contributed by atoms with E-state index in [2.05, 4.69) is 0 Å². The average Bonchev–Trinajstić information content (AvgIpc) is 2.22. The molecule has 1 aliphatic rings. The van der Waals surface area contributed by atoms with E-state index in [1.807, 2.05) is 0 Å². The first-order valence-corrected chi connectivity index (χ1v) is 4.90. The van der Waals surface area contributed by atoms with Gasteiger partial charge < -0.3 is 24.8 Å². The van der Waals surface area contributed by atoms with Crippen LogP contribution in [0.1, 0.15) is 19.8 Å². The van der Waals surface area contributed by atoms with Gasteiger partial charge in [0.2, 0.25) is 6.29 Å². The average molecular weight is 220 g/mol. The van der Waals surface area contributed by atoms with Gasteiger partial charge in [-0.3, -0.25) is 4.79 Å². The lowest BCUT2D eigenvalue weighted by molar-refractivity contribution is -0.251. The smallest absolute Gasteiger partial charge is 0.307 e. The van der Waals surface area contributed by atoms with Crippen molar-refractivity contribution in [2.75, 3.05) is 6.61 Å². The zero-order valence-electron chi connectivity index (χ0n) is 8.50. The summed E-state index contributed by atoms with van der Waals surface area (Å²) in [5.41, 5.74) is 0. The fourth-order valence-corrected chi connectivity index (χ4v) is 1.37. The number of hydrogen-bond acceptors (Lipinski definition) is 6. The molecule has 1 aliphatic heterocycles. The second-order valence-corrected chi connectivity index (χ2v) is 3.42. The number of esters is 1. The quantitative estimate of drug-likeness (QED) is 0.515. The van der Waals surface area contributed by atoms with Gasteiger partial charge in [0.1, 0.15) is 12.2 Å². The monoisotopic (exact) mass is 220 g/mol. The Morgan fingerprint density at radius 2 is 2.20 bits per heavy atom. The molecule has 0 aromatic heterocycles. The zero-order chi connectivity index (χ0) is 11.4. The first-order chi connectivity index (χ1) is 7.08. The highest BCUT2D eigenvalue weighted by atomic mass is 16.7. The number of rotatable bonds is 3. The molecule has 0 aromatic rings. The standard InChI is InChI=1S/C9H16O6/c1-2-7(12)15-8-3-5(11)9(13)6(4-10)14-8/h5-6,8-11,13H,2-4H2,1H3/t5-,6-,8-,9+/m1/s1. The summed E-state index contributed by atoms with van der Waals surface area (Å²) < 4.78 is 9.94. The van der Waals surface area contributed by atoms with Crippen LogP contribution in [0, 0.1) is 0 Å². The van der Waals surface area contributed by atoms with Gasteiger partial charge in [-0.25, -0.2) is 0 Å². The highest BCUT2D eigenvalue weighted by molar-refractivity contribution is 5.68. The van der Waals surface area contributed by atoms with Crippen molar-refractivity contribution in [2.45, 2.75) is 44.4 Å². The van der Waals surface area contributed by atoms with E-state index >= 15 is 0 Å². The van der Waals surface area contributed by atoms with Crippen LogP contribution in [0.4, 0.5) is 0 Å². The van der Waals surface area contributed by atoms with Gasteiger partial charge in [-0.2, -0.15) is 0 Å². The van der Waals surface area contributed by atoms with Gasteiger partial charge in [0.15, 0.2) is 0 Å². The third-order valence-electron chi connectivity index (χ3n) is 2.27. The van der Waals surface area contributed by atoms with Crippen LogP contribution >= 0.6 is 0 Å². The molecule has 4 atom stereocenters. The molecule has 0 radical (unpaired) electrons. The number of carbonyl (C=O) groups is 1. The van der Waals surface area contributed by atoms with Crippen molar-refractivity contribution >= 4 is 5.97 Å². The fourth-order valence-electron chi connectivity index (χ4n) is 1.37. The molecule has 1 saturated heterocycles. The molecule has 0 spiro atoms. The Morgan fingerprint density at radius 3 is 2.73 bits per heavy atom. The molecule has 6 nitrogen and oxygen atoms in total. The summed E-state index contributed by atoms with van der Waals surface area (Å²) in [6.45, 7) is 1.21. The second kappa shape index (κ2) is 5.41. The van der Waals surface area contributed by atoms with Gasteiger partial charge in [0, 0.05) is 12.8 Å². The van der Waals surface area contributed by atoms with E-state index in [-0.39, 0.29) is 12.8 Å². The molecule has 1 rings (SSSR count). The van der Waals surface area contributed by atoms with Crippen LogP contribution in [0.5, 0.6) is 0 Å². The first-order valence-electron chi connectivity index (χ1n) is 4.90. The van der Waals surface area contributed by atoms with Crippen molar-refractivity contribution in [1.29, 1.82) is 0 Å². The number of carbonyl (C=O) groups excluding carboxylic acids is 1. The molecule has 3 N–H and O–H groups in total. The topological polar surface area (TPSA) is 96.2 Å². The van der Waals surface area contributed by atoms with E-state index in [9.17, 15) is 15.0 Å². The van der Waals surface area contributed by atoms with Gasteiger partial charge >= 0.3 is 5.97 Å². The summed E-state index contributed by atoms with van der Waals surface area (Å²) >= 11 is 0. The minimum absolute atomic E-state index is 0.0173. The molecule has 88 valence electrons. The Balaban J connectivity index is 2.51. The van der Waals surface area contributed by atoms with Crippen LogP contribution in [-0.2, 0) is 14.3 Å². The Hall–Kier alpha value is -0.690. The highest BCUT2D eigenvalue weighted by Crippen LogP contribution is 2.21. The van der Waals surface area contributed by atoms with E-state index < -0.39 is 37.2 Å². The van der Waals surface area contributed by atoms with Gasteiger partial charge in [0.05, 0.1) is 12.7 Å². The minimum Gasteiger partial charge on any atom is -0.436 e. The second-order valence-electron chi connectivity index (χ2n) is 3.42. The normalized spacial score (nSPS) is 36.3.